The van der Waals surface area contributed by atoms with Crippen LogP contribution in [0.4, 0.5) is 0 Å². The van der Waals surface area contributed by atoms with Gasteiger partial charge in [-0.3, -0.25) is 15.0 Å². The average molecular weight is 604 g/mol. The zero-order valence-corrected chi connectivity index (χ0v) is 26.1. The maximum atomic E-state index is 13.8. The molecule has 9 heteroatoms. The topological polar surface area (TPSA) is 113 Å². The first-order chi connectivity index (χ1) is 20.6. The van der Waals surface area contributed by atoms with E-state index < -0.39 is 5.97 Å². The Balaban J connectivity index is 1.35. The first-order valence-corrected chi connectivity index (χ1v) is 16.0. The van der Waals surface area contributed by atoms with Gasteiger partial charge in [0.15, 0.2) is 17.3 Å². The monoisotopic (exact) mass is 603 g/mol. The summed E-state index contributed by atoms with van der Waals surface area (Å²) in [6, 6.07) is 11.9. The number of aryl methyl sites for hydroxylation is 1. The number of ether oxygens (including phenoxy) is 2. The number of hydrogen-bond donors (Lipinski definition) is 2. The maximum absolute atomic E-state index is 13.8. The Labute approximate surface area is 257 Å². The number of unbranched alkanes of at least 4 members (excludes halogenated alkanes) is 1. The van der Waals surface area contributed by atoms with Crippen LogP contribution in [0.15, 0.2) is 41.8 Å². The van der Waals surface area contributed by atoms with Crippen molar-refractivity contribution in [3.63, 3.8) is 0 Å². The van der Waals surface area contributed by atoms with Crippen LogP contribution in [-0.2, 0) is 23.2 Å². The fourth-order valence-electron chi connectivity index (χ4n) is 5.29. The summed E-state index contributed by atoms with van der Waals surface area (Å²) in [6.07, 6.45) is 5.25. The summed E-state index contributed by atoms with van der Waals surface area (Å²) in [6.45, 7) is 7.61. The number of rotatable bonds is 15. The van der Waals surface area contributed by atoms with Gasteiger partial charge in [-0.2, -0.15) is 0 Å². The molecule has 0 radical (unpaired) electrons. The molecule has 0 spiro atoms. The second kappa shape index (κ2) is 13.3. The maximum Gasteiger partial charge on any atom is 0.303 e. The van der Waals surface area contributed by atoms with Crippen LogP contribution >= 0.6 is 11.3 Å². The number of carboxylic acid groups (broad SMARTS) is 1. The van der Waals surface area contributed by atoms with Crippen LogP contribution in [0.2, 0.25) is 0 Å². The minimum atomic E-state index is -0.818. The number of carbonyl (C=O) groups excluding carboxylic acids is 1. The number of Topliss-reactive ketones (excluding diaryl/α,β-unsaturated/α-hetero) is 1. The molecule has 3 aromatic rings. The van der Waals surface area contributed by atoms with Crippen molar-refractivity contribution in [3.8, 4) is 11.5 Å². The molecule has 1 aliphatic heterocycles. The second-order valence-electron chi connectivity index (χ2n) is 12.5. The van der Waals surface area contributed by atoms with Crippen molar-refractivity contribution < 1.29 is 24.2 Å². The lowest BCUT2D eigenvalue weighted by molar-refractivity contribution is -0.137. The first-order valence-electron chi connectivity index (χ1n) is 15.2. The molecule has 0 amide bonds. The molecule has 0 unspecified atom stereocenters. The van der Waals surface area contributed by atoms with Crippen LogP contribution in [0, 0.1) is 5.41 Å². The molecule has 8 nitrogen and oxygen atoms in total. The van der Waals surface area contributed by atoms with Gasteiger partial charge < -0.3 is 19.5 Å². The zero-order chi connectivity index (χ0) is 30.6. The van der Waals surface area contributed by atoms with Crippen LogP contribution < -0.4 is 9.47 Å². The van der Waals surface area contributed by atoms with E-state index in [9.17, 15) is 9.59 Å². The quantitative estimate of drug-likeness (QED) is 0.142. The molecule has 0 saturated heterocycles. The largest absolute Gasteiger partial charge is 0.490 e. The number of aliphatic carboxylic acids is 1. The lowest BCUT2D eigenvalue weighted by Crippen LogP contribution is -2.30. The smallest absolute Gasteiger partial charge is 0.303 e. The number of amidine groups is 1. The molecule has 1 saturated carbocycles. The number of pyridine rings is 1. The van der Waals surface area contributed by atoms with Gasteiger partial charge in [0.25, 0.3) is 0 Å². The van der Waals surface area contributed by atoms with E-state index in [0.29, 0.717) is 67.1 Å². The number of hydrogen-bond acceptors (Lipinski definition) is 7. The third-order valence-electron chi connectivity index (χ3n) is 7.85. The number of aromatic nitrogens is 1. The lowest BCUT2D eigenvalue weighted by atomic mass is 9.84. The number of fused-ring (bicyclic) bond motifs is 1. The van der Waals surface area contributed by atoms with Gasteiger partial charge in [0.1, 0.15) is 11.5 Å². The summed E-state index contributed by atoms with van der Waals surface area (Å²) < 4.78 is 12.6. The van der Waals surface area contributed by atoms with E-state index >= 15 is 0 Å². The molecule has 5 rings (SSSR count). The van der Waals surface area contributed by atoms with Gasteiger partial charge >= 0.3 is 5.97 Å². The molecular formula is C34H41N3O5S. The number of thiophene rings is 1. The molecule has 0 bridgehead atoms. The van der Waals surface area contributed by atoms with Gasteiger partial charge in [0, 0.05) is 46.1 Å². The van der Waals surface area contributed by atoms with E-state index in [2.05, 4.69) is 44.4 Å². The van der Waals surface area contributed by atoms with Gasteiger partial charge in [-0.25, -0.2) is 4.98 Å². The van der Waals surface area contributed by atoms with Crippen molar-refractivity contribution >= 4 is 28.9 Å². The number of carboxylic acids is 1. The number of ketones is 1. The Kier molecular flexibility index (Phi) is 9.49. The van der Waals surface area contributed by atoms with E-state index in [1.165, 1.54) is 4.88 Å². The summed E-state index contributed by atoms with van der Waals surface area (Å²) in [5.41, 5.74) is 3.76. The average Bonchev–Trinajstić information content (AvgIpc) is 3.60. The van der Waals surface area contributed by atoms with Crippen molar-refractivity contribution in [2.45, 2.75) is 83.6 Å². The van der Waals surface area contributed by atoms with Crippen LogP contribution in [0.5, 0.6) is 11.5 Å². The van der Waals surface area contributed by atoms with Crippen molar-refractivity contribution in [1.29, 1.82) is 5.41 Å². The van der Waals surface area contributed by atoms with E-state index in [-0.39, 0.29) is 24.2 Å². The highest BCUT2D eigenvalue weighted by atomic mass is 32.1. The highest BCUT2D eigenvalue weighted by molar-refractivity contribution is 7.09. The molecule has 228 valence electrons. The van der Waals surface area contributed by atoms with E-state index in [1.807, 2.05) is 12.1 Å². The van der Waals surface area contributed by atoms with Crippen LogP contribution in [0.1, 0.15) is 103 Å². The Morgan fingerprint density at radius 2 is 1.88 bits per heavy atom. The molecular weight excluding hydrogens is 562 g/mol. The summed E-state index contributed by atoms with van der Waals surface area (Å²) in [4.78, 5) is 32.6. The molecule has 1 fully saturated rings. The van der Waals surface area contributed by atoms with E-state index in [0.717, 1.165) is 42.5 Å². The third-order valence-corrected chi connectivity index (χ3v) is 8.79. The predicted octanol–water partition coefficient (Wildman–Crippen LogP) is 6.99. The minimum Gasteiger partial charge on any atom is -0.490 e. The first kappa shape index (κ1) is 30.7. The zero-order valence-electron chi connectivity index (χ0n) is 25.3. The predicted molar refractivity (Wildman–Crippen MR) is 168 cm³/mol. The normalized spacial score (nSPS) is 14.6. The van der Waals surface area contributed by atoms with E-state index in [4.69, 9.17) is 25.0 Å². The minimum absolute atomic E-state index is 0.0742. The fourth-order valence-corrected chi connectivity index (χ4v) is 6.04. The van der Waals surface area contributed by atoms with Crippen LogP contribution in [0.3, 0.4) is 0 Å². The van der Waals surface area contributed by atoms with Gasteiger partial charge in [-0.1, -0.05) is 32.9 Å². The summed E-state index contributed by atoms with van der Waals surface area (Å²) in [5.74, 6) is 1.02. The lowest BCUT2D eigenvalue weighted by Gasteiger charge is -2.26. The van der Waals surface area contributed by atoms with Crippen molar-refractivity contribution in [2.24, 2.45) is 0 Å². The summed E-state index contributed by atoms with van der Waals surface area (Å²) in [5, 5.41) is 19.8. The fraction of sp³-hybridized carbons (Fsp3) is 0.471. The Morgan fingerprint density at radius 1 is 1.09 bits per heavy atom. The Bertz CT molecular complexity index is 1470. The van der Waals surface area contributed by atoms with Crippen LogP contribution in [0.25, 0.3) is 0 Å². The summed E-state index contributed by atoms with van der Waals surface area (Å²) >= 11 is 1.72. The standard InChI is InChI=1S/C34H41N3O5S/c1-34(2,3)26-18-24(28(38)21-37-20-23-13-14-27(22-11-12-22)36-31(23)33(37)35)19-29(32(26)42-15-5-4-10-30(39)40)41-16-6-8-25-9-7-17-43-25/h7,9,13-14,17-19,22,35H,4-6,8,10-12,15-16,20-21H2,1-3H3,(H,39,40). The molecule has 2 aliphatic rings. The number of benzene rings is 1. The van der Waals surface area contributed by atoms with Crippen LogP contribution in [-0.4, -0.2) is 52.3 Å². The third kappa shape index (κ3) is 7.82. The number of nitrogens with zero attached hydrogens (tertiary/aromatic N) is 2. The molecule has 2 aromatic heterocycles. The molecule has 3 heterocycles. The van der Waals surface area contributed by atoms with Crippen molar-refractivity contribution in [3.05, 3.63) is 74.7 Å². The molecule has 2 N–H and O–H groups in total. The van der Waals surface area contributed by atoms with Gasteiger partial charge in [0.2, 0.25) is 0 Å². The Morgan fingerprint density at radius 3 is 2.58 bits per heavy atom. The Hall–Kier alpha value is -3.72. The SMILES string of the molecule is CC(C)(C)c1cc(C(=O)CN2Cc3ccc(C4CC4)nc3C2=N)cc(OCCCc2cccs2)c1OCCCCC(=O)O. The molecule has 0 atom stereocenters. The van der Waals surface area contributed by atoms with Crippen molar-refractivity contribution in [1.82, 2.24) is 9.88 Å². The molecule has 1 aliphatic carbocycles. The highest BCUT2D eigenvalue weighted by Gasteiger charge is 2.32. The van der Waals surface area contributed by atoms with Gasteiger partial charge in [0.05, 0.1) is 19.8 Å². The van der Waals surface area contributed by atoms with Gasteiger partial charge in [-0.15, -0.1) is 11.3 Å². The van der Waals surface area contributed by atoms with E-state index in [1.54, 1.807) is 22.3 Å². The van der Waals surface area contributed by atoms with Gasteiger partial charge in [-0.05, 0) is 73.6 Å². The highest BCUT2D eigenvalue weighted by Crippen LogP contribution is 2.41. The molecule has 43 heavy (non-hydrogen) atoms. The second-order valence-corrected chi connectivity index (χ2v) is 13.5. The number of carbonyl (C=O) groups is 2. The molecule has 1 aromatic carbocycles. The number of nitrogens with one attached hydrogen (secondary N) is 1. The van der Waals surface area contributed by atoms with Crippen molar-refractivity contribution in [2.75, 3.05) is 19.8 Å². The summed E-state index contributed by atoms with van der Waals surface area (Å²) in [7, 11) is 0.